The molecule has 1 aromatic rings. The lowest BCUT2D eigenvalue weighted by Gasteiger charge is -2.57. The Hall–Kier alpha value is -1.09. The fourth-order valence-electron chi connectivity index (χ4n) is 5.18. The van der Waals surface area contributed by atoms with Crippen molar-refractivity contribution in [1.29, 1.82) is 0 Å². The number of pyridine rings is 1. The molecule has 102 valence electrons. The quantitative estimate of drug-likeness (QED) is 0.749. The Labute approximate surface area is 113 Å². The molecule has 1 aromatic heterocycles. The molecule has 3 aliphatic rings. The Morgan fingerprint density at radius 2 is 2.26 bits per heavy atom. The maximum atomic E-state index is 11.6. The molecule has 2 fully saturated rings. The van der Waals surface area contributed by atoms with Crippen molar-refractivity contribution in [2.45, 2.75) is 44.6 Å². The van der Waals surface area contributed by atoms with Gasteiger partial charge < -0.3 is 10.3 Å². The zero-order chi connectivity index (χ0) is 13.0. The highest BCUT2D eigenvalue weighted by Gasteiger charge is 2.53. The molecular weight excluding hydrogens is 236 g/mol. The molecule has 0 spiro atoms. The number of piperidine rings is 1. The van der Waals surface area contributed by atoms with Gasteiger partial charge in [0.2, 0.25) is 5.56 Å². The van der Waals surface area contributed by atoms with Gasteiger partial charge in [0.25, 0.3) is 0 Å². The third kappa shape index (κ3) is 1.57. The van der Waals surface area contributed by atoms with Gasteiger partial charge in [-0.05, 0) is 68.0 Å². The molecule has 0 amide bonds. The summed E-state index contributed by atoms with van der Waals surface area (Å²) in [5, 5.41) is 3.85. The van der Waals surface area contributed by atoms with Crippen LogP contribution in [0, 0.1) is 17.8 Å². The number of fused-ring (bicyclic) bond motifs is 1. The Morgan fingerprint density at radius 3 is 3.16 bits per heavy atom. The molecule has 1 aliphatic heterocycles. The highest BCUT2D eigenvalue weighted by atomic mass is 16.1. The van der Waals surface area contributed by atoms with E-state index in [1.807, 2.05) is 0 Å². The van der Waals surface area contributed by atoms with Crippen molar-refractivity contribution in [3.8, 4) is 0 Å². The predicted octanol–water partition coefficient (Wildman–Crippen LogP) is 2.17. The lowest BCUT2D eigenvalue weighted by molar-refractivity contribution is 0.00797. The molecular formula is C16H22N2O. The van der Waals surface area contributed by atoms with E-state index in [4.69, 9.17) is 0 Å². The first-order chi connectivity index (χ1) is 9.19. The summed E-state index contributed by atoms with van der Waals surface area (Å²) in [5.74, 6) is 2.31. The summed E-state index contributed by atoms with van der Waals surface area (Å²) in [6.45, 7) is 3.51. The Balaban J connectivity index is 1.92. The van der Waals surface area contributed by atoms with E-state index in [0.29, 0.717) is 0 Å². The van der Waals surface area contributed by atoms with Crippen molar-refractivity contribution in [2.75, 3.05) is 6.54 Å². The SMILES string of the molecule is C[C@@H]1C[C@H]2Cc3[nH]c(=O)ccc3[C@]3(C1)NCCC[C@H]23. The first kappa shape index (κ1) is 11.7. The largest absolute Gasteiger partial charge is 0.326 e. The zero-order valence-electron chi connectivity index (χ0n) is 11.5. The first-order valence-electron chi connectivity index (χ1n) is 7.67. The van der Waals surface area contributed by atoms with Crippen molar-refractivity contribution < 1.29 is 0 Å². The van der Waals surface area contributed by atoms with Gasteiger partial charge >= 0.3 is 0 Å². The van der Waals surface area contributed by atoms with E-state index in [9.17, 15) is 4.79 Å². The van der Waals surface area contributed by atoms with E-state index in [1.54, 1.807) is 6.07 Å². The summed E-state index contributed by atoms with van der Waals surface area (Å²) in [5.41, 5.74) is 2.79. The number of aromatic amines is 1. The van der Waals surface area contributed by atoms with Crippen LogP contribution in [0.15, 0.2) is 16.9 Å². The lowest BCUT2D eigenvalue weighted by Crippen LogP contribution is -2.60. The van der Waals surface area contributed by atoms with Crippen LogP contribution < -0.4 is 10.9 Å². The Morgan fingerprint density at radius 1 is 1.37 bits per heavy atom. The molecule has 3 nitrogen and oxygen atoms in total. The van der Waals surface area contributed by atoms with Gasteiger partial charge in [0.15, 0.2) is 0 Å². The van der Waals surface area contributed by atoms with Gasteiger partial charge in [0.05, 0.1) is 0 Å². The highest BCUT2D eigenvalue weighted by molar-refractivity contribution is 5.35. The number of rotatable bonds is 0. The van der Waals surface area contributed by atoms with Crippen LogP contribution >= 0.6 is 0 Å². The summed E-state index contributed by atoms with van der Waals surface area (Å²) < 4.78 is 0. The molecule has 0 radical (unpaired) electrons. The second kappa shape index (κ2) is 3.95. The van der Waals surface area contributed by atoms with Crippen LogP contribution in [0.3, 0.4) is 0 Å². The standard InChI is InChI=1S/C16H22N2O/c1-10-7-11-8-14-13(4-5-15(19)18-14)16(9-10)12(11)3-2-6-17-16/h4-5,10-12,17H,2-3,6-9H2,1H3,(H,18,19)/t10-,11+,12-,16-/m1/s1. The first-order valence-corrected chi connectivity index (χ1v) is 7.67. The van der Waals surface area contributed by atoms with Crippen molar-refractivity contribution >= 4 is 0 Å². The number of hydrogen-bond donors (Lipinski definition) is 2. The second-order valence-corrected chi connectivity index (χ2v) is 6.87. The summed E-state index contributed by atoms with van der Waals surface area (Å²) in [4.78, 5) is 14.7. The highest BCUT2D eigenvalue weighted by Crippen LogP contribution is 2.54. The molecule has 1 saturated carbocycles. The van der Waals surface area contributed by atoms with Gasteiger partial charge in [-0.2, -0.15) is 0 Å². The summed E-state index contributed by atoms with van der Waals surface area (Å²) in [6.07, 6.45) is 6.28. The third-order valence-corrected chi connectivity index (χ3v) is 5.66. The Bertz CT molecular complexity index is 564. The zero-order valence-corrected chi connectivity index (χ0v) is 11.5. The lowest BCUT2D eigenvalue weighted by atomic mass is 9.54. The van der Waals surface area contributed by atoms with E-state index >= 15 is 0 Å². The van der Waals surface area contributed by atoms with Crippen LogP contribution in [-0.4, -0.2) is 11.5 Å². The van der Waals surface area contributed by atoms with Crippen LogP contribution in [0.1, 0.15) is 43.9 Å². The molecule has 2 bridgehead atoms. The van der Waals surface area contributed by atoms with Crippen molar-refractivity contribution in [1.82, 2.24) is 10.3 Å². The molecule has 2 aliphatic carbocycles. The predicted molar refractivity (Wildman–Crippen MR) is 75.1 cm³/mol. The number of hydrogen-bond acceptors (Lipinski definition) is 2. The molecule has 1 saturated heterocycles. The maximum absolute atomic E-state index is 11.6. The van der Waals surface area contributed by atoms with Crippen molar-refractivity contribution in [3.05, 3.63) is 33.7 Å². The summed E-state index contributed by atoms with van der Waals surface area (Å²) in [6, 6.07) is 3.80. The topological polar surface area (TPSA) is 44.9 Å². The number of H-pyrrole nitrogens is 1. The average Bonchev–Trinajstić information content (AvgIpc) is 2.37. The van der Waals surface area contributed by atoms with Gasteiger partial charge in [-0.15, -0.1) is 0 Å². The maximum Gasteiger partial charge on any atom is 0.248 e. The Kier molecular flexibility index (Phi) is 2.44. The van der Waals surface area contributed by atoms with Gasteiger partial charge in [-0.1, -0.05) is 6.92 Å². The minimum atomic E-state index is 0.0514. The van der Waals surface area contributed by atoms with E-state index < -0.39 is 0 Å². The van der Waals surface area contributed by atoms with Gasteiger partial charge in [0.1, 0.15) is 0 Å². The molecule has 2 N–H and O–H groups in total. The molecule has 0 unspecified atom stereocenters. The molecule has 3 heteroatoms. The van der Waals surface area contributed by atoms with E-state index in [0.717, 1.165) is 30.7 Å². The normalized spacial score (nSPS) is 40.4. The number of aromatic nitrogens is 1. The minimum Gasteiger partial charge on any atom is -0.326 e. The van der Waals surface area contributed by atoms with E-state index in [-0.39, 0.29) is 11.1 Å². The second-order valence-electron chi connectivity index (χ2n) is 6.87. The van der Waals surface area contributed by atoms with Crippen molar-refractivity contribution in [3.63, 3.8) is 0 Å². The molecule has 0 aromatic carbocycles. The van der Waals surface area contributed by atoms with Gasteiger partial charge in [0, 0.05) is 17.3 Å². The van der Waals surface area contributed by atoms with E-state index in [2.05, 4.69) is 23.3 Å². The third-order valence-electron chi connectivity index (χ3n) is 5.66. The fourth-order valence-corrected chi connectivity index (χ4v) is 5.18. The average molecular weight is 258 g/mol. The minimum absolute atomic E-state index is 0.0514. The number of nitrogens with one attached hydrogen (secondary N) is 2. The van der Waals surface area contributed by atoms with Crippen molar-refractivity contribution in [2.24, 2.45) is 17.8 Å². The smallest absolute Gasteiger partial charge is 0.248 e. The fraction of sp³-hybridized carbons (Fsp3) is 0.688. The van der Waals surface area contributed by atoms with E-state index in [1.165, 1.54) is 36.9 Å². The van der Waals surface area contributed by atoms with Crippen LogP contribution in [0.4, 0.5) is 0 Å². The van der Waals surface area contributed by atoms with Crippen LogP contribution in [-0.2, 0) is 12.0 Å². The summed E-state index contributed by atoms with van der Waals surface area (Å²) >= 11 is 0. The monoisotopic (exact) mass is 258 g/mol. The summed E-state index contributed by atoms with van der Waals surface area (Å²) in [7, 11) is 0. The van der Waals surface area contributed by atoms with Crippen LogP contribution in [0.5, 0.6) is 0 Å². The van der Waals surface area contributed by atoms with Gasteiger partial charge in [-0.3, -0.25) is 4.79 Å². The van der Waals surface area contributed by atoms with Crippen LogP contribution in [0.2, 0.25) is 0 Å². The van der Waals surface area contributed by atoms with Crippen LogP contribution in [0.25, 0.3) is 0 Å². The molecule has 4 atom stereocenters. The molecule has 4 rings (SSSR count). The van der Waals surface area contributed by atoms with Gasteiger partial charge in [-0.25, -0.2) is 0 Å². The molecule has 19 heavy (non-hydrogen) atoms. The molecule has 2 heterocycles.